The number of aromatic nitrogens is 1. The van der Waals surface area contributed by atoms with Crippen molar-refractivity contribution in [3.63, 3.8) is 0 Å². The minimum absolute atomic E-state index is 0.101. The number of aryl methyl sites for hydroxylation is 1. The summed E-state index contributed by atoms with van der Waals surface area (Å²) in [6.07, 6.45) is 5.01. The second-order valence-corrected chi connectivity index (χ2v) is 10.1. The molecule has 6 rings (SSSR count). The second-order valence-electron chi connectivity index (χ2n) is 10.1. The Hall–Kier alpha value is -1.96. The molecule has 0 bridgehead atoms. The van der Waals surface area contributed by atoms with Gasteiger partial charge in [-0.2, -0.15) is 13.2 Å². The molecule has 182 valence electrons. The largest absolute Gasteiger partial charge is 0.416 e. The zero-order chi connectivity index (χ0) is 23.3. The van der Waals surface area contributed by atoms with Crippen LogP contribution in [0.2, 0.25) is 0 Å². The minimum Gasteiger partial charge on any atom is -0.381 e. The molecule has 0 radical (unpaired) electrons. The third-order valence-electron chi connectivity index (χ3n) is 8.17. The number of ether oxygens (including phenoxy) is 3. The van der Waals surface area contributed by atoms with Gasteiger partial charge in [0, 0.05) is 43.5 Å². The third kappa shape index (κ3) is 3.86. The number of benzene rings is 1. The fourth-order valence-electron chi connectivity index (χ4n) is 6.45. The Morgan fingerprint density at radius 1 is 0.971 bits per heavy atom. The van der Waals surface area contributed by atoms with Gasteiger partial charge in [-0.1, -0.05) is 12.1 Å². The maximum absolute atomic E-state index is 13.2. The SMILES string of the molecule is FC(F)(F)c1ccc(C2OC3(CCOC(C4CCOCC4)C3)c3c2cnc2c3CCCC2)cc1. The first-order valence-electron chi connectivity index (χ1n) is 12.5. The van der Waals surface area contributed by atoms with E-state index in [4.69, 9.17) is 19.2 Å². The van der Waals surface area contributed by atoms with Gasteiger partial charge in [-0.3, -0.25) is 4.98 Å². The molecular weight excluding hydrogens is 443 g/mol. The van der Waals surface area contributed by atoms with Crippen molar-refractivity contribution in [3.05, 3.63) is 64.0 Å². The first-order chi connectivity index (χ1) is 16.4. The number of nitrogens with zero attached hydrogens (tertiary/aromatic N) is 1. The average Bonchev–Trinajstić information content (AvgIpc) is 3.18. The van der Waals surface area contributed by atoms with E-state index in [2.05, 4.69) is 0 Å². The normalized spacial score (nSPS) is 29.7. The summed E-state index contributed by atoms with van der Waals surface area (Å²) in [6, 6.07) is 5.43. The van der Waals surface area contributed by atoms with Gasteiger partial charge in [-0.15, -0.1) is 0 Å². The van der Waals surface area contributed by atoms with Gasteiger partial charge in [-0.25, -0.2) is 0 Å². The molecule has 1 aliphatic carbocycles. The summed E-state index contributed by atoms with van der Waals surface area (Å²) in [7, 11) is 0. The van der Waals surface area contributed by atoms with E-state index in [1.807, 2.05) is 6.20 Å². The summed E-state index contributed by atoms with van der Waals surface area (Å²) < 4.78 is 58.3. The van der Waals surface area contributed by atoms with Gasteiger partial charge < -0.3 is 14.2 Å². The molecule has 1 aromatic carbocycles. The first-order valence-corrected chi connectivity index (χ1v) is 12.5. The van der Waals surface area contributed by atoms with Crippen molar-refractivity contribution in [2.24, 2.45) is 5.92 Å². The monoisotopic (exact) mass is 473 g/mol. The van der Waals surface area contributed by atoms with Crippen molar-refractivity contribution < 1.29 is 27.4 Å². The van der Waals surface area contributed by atoms with Crippen LogP contribution >= 0.6 is 0 Å². The van der Waals surface area contributed by atoms with Gasteiger partial charge in [0.05, 0.1) is 23.9 Å². The van der Waals surface area contributed by atoms with Crippen LogP contribution in [0, 0.1) is 5.92 Å². The van der Waals surface area contributed by atoms with Gasteiger partial charge in [-0.05, 0) is 73.3 Å². The number of alkyl halides is 3. The van der Waals surface area contributed by atoms with Crippen molar-refractivity contribution >= 4 is 0 Å². The molecule has 0 amide bonds. The van der Waals surface area contributed by atoms with Gasteiger partial charge in [0.1, 0.15) is 6.10 Å². The lowest BCUT2D eigenvalue weighted by Crippen LogP contribution is -2.43. The maximum atomic E-state index is 13.2. The summed E-state index contributed by atoms with van der Waals surface area (Å²) in [6.45, 7) is 2.16. The van der Waals surface area contributed by atoms with Crippen molar-refractivity contribution in [2.75, 3.05) is 19.8 Å². The van der Waals surface area contributed by atoms with Crippen LogP contribution in [0.5, 0.6) is 0 Å². The lowest BCUT2D eigenvalue weighted by atomic mass is 9.75. The summed E-state index contributed by atoms with van der Waals surface area (Å²) in [5.74, 6) is 0.445. The van der Waals surface area contributed by atoms with Crippen molar-refractivity contribution in [3.8, 4) is 0 Å². The summed E-state index contributed by atoms with van der Waals surface area (Å²) in [5, 5.41) is 0. The van der Waals surface area contributed by atoms with Crippen molar-refractivity contribution in [1.82, 2.24) is 4.98 Å². The highest BCUT2D eigenvalue weighted by molar-refractivity contribution is 5.50. The number of hydrogen-bond acceptors (Lipinski definition) is 4. The molecule has 2 aromatic rings. The highest BCUT2D eigenvalue weighted by Gasteiger charge is 2.51. The Bertz CT molecular complexity index is 1050. The van der Waals surface area contributed by atoms with E-state index in [-0.39, 0.29) is 6.10 Å². The maximum Gasteiger partial charge on any atom is 0.416 e. The molecule has 0 N–H and O–H groups in total. The van der Waals surface area contributed by atoms with Crippen molar-refractivity contribution in [2.45, 2.75) is 75.4 Å². The van der Waals surface area contributed by atoms with Crippen LogP contribution in [-0.4, -0.2) is 30.9 Å². The van der Waals surface area contributed by atoms with E-state index in [9.17, 15) is 13.2 Å². The van der Waals surface area contributed by atoms with Crippen LogP contribution in [0.15, 0.2) is 30.5 Å². The molecule has 4 heterocycles. The molecule has 7 heteroatoms. The fourth-order valence-corrected chi connectivity index (χ4v) is 6.45. The van der Waals surface area contributed by atoms with Gasteiger partial charge >= 0.3 is 6.18 Å². The quantitative estimate of drug-likeness (QED) is 0.545. The molecule has 3 unspecified atom stereocenters. The smallest absolute Gasteiger partial charge is 0.381 e. The van der Waals surface area contributed by atoms with Gasteiger partial charge in [0.15, 0.2) is 0 Å². The van der Waals surface area contributed by atoms with E-state index in [0.29, 0.717) is 12.5 Å². The zero-order valence-electron chi connectivity index (χ0n) is 19.2. The van der Waals surface area contributed by atoms with E-state index < -0.39 is 23.4 Å². The zero-order valence-corrected chi connectivity index (χ0v) is 19.2. The Labute approximate surface area is 197 Å². The first kappa shape index (κ1) is 22.5. The Morgan fingerprint density at radius 3 is 2.50 bits per heavy atom. The van der Waals surface area contributed by atoms with Gasteiger partial charge in [0.25, 0.3) is 0 Å². The Morgan fingerprint density at radius 2 is 1.74 bits per heavy atom. The van der Waals surface area contributed by atoms with Crippen LogP contribution in [-0.2, 0) is 38.8 Å². The molecule has 0 saturated carbocycles. The number of fused-ring (bicyclic) bond motifs is 4. The van der Waals surface area contributed by atoms with E-state index >= 15 is 0 Å². The molecule has 1 aromatic heterocycles. The average molecular weight is 474 g/mol. The summed E-state index contributed by atoms with van der Waals surface area (Å²) >= 11 is 0. The predicted molar refractivity (Wildman–Crippen MR) is 119 cm³/mol. The van der Waals surface area contributed by atoms with E-state index in [1.54, 1.807) is 12.1 Å². The molecule has 34 heavy (non-hydrogen) atoms. The van der Waals surface area contributed by atoms with Crippen LogP contribution in [0.1, 0.15) is 78.1 Å². The number of halogens is 3. The fraction of sp³-hybridized carbons (Fsp3) is 0.593. The number of hydrogen-bond donors (Lipinski definition) is 0. The van der Waals surface area contributed by atoms with E-state index in [1.165, 1.54) is 11.1 Å². The molecular formula is C27H30F3NO3. The molecule has 2 fully saturated rings. The molecule has 1 spiro atoms. The summed E-state index contributed by atoms with van der Waals surface area (Å²) in [4.78, 5) is 4.80. The Balaban J connectivity index is 1.40. The lowest BCUT2D eigenvalue weighted by molar-refractivity contribution is -0.166. The second kappa shape index (κ2) is 8.61. The topological polar surface area (TPSA) is 40.6 Å². The molecule has 3 atom stereocenters. The molecule has 4 nitrogen and oxygen atoms in total. The highest BCUT2D eigenvalue weighted by Crippen LogP contribution is 2.55. The standard InChI is InChI=1S/C27H30F3NO3/c28-27(29,30)19-7-5-18(6-8-19)25-21-16-31-22-4-2-1-3-20(22)24(21)26(34-25)11-14-33-23(15-26)17-9-12-32-13-10-17/h5-8,16-17,23,25H,1-4,9-15H2. The minimum atomic E-state index is -4.35. The van der Waals surface area contributed by atoms with Crippen LogP contribution in [0.4, 0.5) is 13.2 Å². The third-order valence-corrected chi connectivity index (χ3v) is 8.17. The molecule has 4 aliphatic rings. The van der Waals surface area contributed by atoms with E-state index in [0.717, 1.165) is 93.5 Å². The van der Waals surface area contributed by atoms with Crippen LogP contribution in [0.3, 0.4) is 0 Å². The van der Waals surface area contributed by atoms with Crippen LogP contribution in [0.25, 0.3) is 0 Å². The van der Waals surface area contributed by atoms with Crippen molar-refractivity contribution in [1.29, 1.82) is 0 Å². The number of rotatable bonds is 2. The predicted octanol–water partition coefficient (Wildman–Crippen LogP) is 5.90. The number of pyridine rings is 1. The molecule has 2 saturated heterocycles. The molecule has 3 aliphatic heterocycles. The Kier molecular flexibility index (Phi) is 5.70. The highest BCUT2D eigenvalue weighted by atomic mass is 19.4. The lowest BCUT2D eigenvalue weighted by Gasteiger charge is -2.43. The van der Waals surface area contributed by atoms with Gasteiger partial charge in [0.2, 0.25) is 0 Å². The van der Waals surface area contributed by atoms with Crippen LogP contribution < -0.4 is 0 Å². The summed E-state index contributed by atoms with van der Waals surface area (Å²) in [5.41, 5.74) is 4.38.